The van der Waals surface area contributed by atoms with Crippen molar-refractivity contribution >= 4 is 45.7 Å². The van der Waals surface area contributed by atoms with E-state index in [9.17, 15) is 9.59 Å². The Morgan fingerprint density at radius 1 is 1.12 bits per heavy atom. The van der Waals surface area contributed by atoms with E-state index in [0.29, 0.717) is 22.9 Å². The average Bonchev–Trinajstić information content (AvgIpc) is 3.04. The van der Waals surface area contributed by atoms with E-state index < -0.39 is 5.92 Å². The molecule has 1 unspecified atom stereocenters. The summed E-state index contributed by atoms with van der Waals surface area (Å²) in [5.74, 6) is -0.701. The van der Waals surface area contributed by atoms with Gasteiger partial charge >= 0.3 is 0 Å². The molecule has 1 aliphatic heterocycles. The van der Waals surface area contributed by atoms with Crippen molar-refractivity contribution in [2.24, 2.45) is 5.92 Å². The van der Waals surface area contributed by atoms with Crippen LogP contribution in [0.4, 0.5) is 11.4 Å². The van der Waals surface area contributed by atoms with Crippen molar-refractivity contribution in [3.63, 3.8) is 0 Å². The summed E-state index contributed by atoms with van der Waals surface area (Å²) in [6.45, 7) is 0.317. The standard InChI is InChI=1S/C20H16ClN3O2/c21-15-6-1-2-9-18(15)24-12-13(11-19(24)25)20(26)23-17-8-3-7-16-14(17)5-4-10-22-16/h1-10,13H,11-12H2,(H,23,26). The second-order valence-electron chi connectivity index (χ2n) is 6.22. The zero-order chi connectivity index (χ0) is 18.1. The van der Waals surface area contributed by atoms with E-state index in [1.54, 1.807) is 23.2 Å². The molecule has 2 aromatic carbocycles. The Morgan fingerprint density at radius 2 is 1.96 bits per heavy atom. The first-order chi connectivity index (χ1) is 12.6. The van der Waals surface area contributed by atoms with E-state index in [0.717, 1.165) is 10.9 Å². The fraction of sp³-hybridized carbons (Fsp3) is 0.150. The maximum Gasteiger partial charge on any atom is 0.229 e. The van der Waals surface area contributed by atoms with Gasteiger partial charge in [0.15, 0.2) is 0 Å². The number of rotatable bonds is 3. The molecule has 130 valence electrons. The van der Waals surface area contributed by atoms with Crippen LogP contribution in [0.15, 0.2) is 60.8 Å². The number of hydrogen-bond acceptors (Lipinski definition) is 3. The molecule has 1 saturated heterocycles. The lowest BCUT2D eigenvalue weighted by Crippen LogP contribution is -2.28. The number of aromatic nitrogens is 1. The van der Waals surface area contributed by atoms with Gasteiger partial charge in [0.1, 0.15) is 0 Å². The Labute approximate surface area is 155 Å². The molecule has 6 heteroatoms. The molecule has 2 amide bonds. The van der Waals surface area contributed by atoms with Crippen molar-refractivity contribution in [2.75, 3.05) is 16.8 Å². The van der Waals surface area contributed by atoms with Crippen molar-refractivity contribution in [1.29, 1.82) is 0 Å². The normalized spacial score (nSPS) is 16.9. The summed E-state index contributed by atoms with van der Waals surface area (Å²) in [6.07, 6.45) is 1.88. The zero-order valence-corrected chi connectivity index (χ0v) is 14.6. The molecule has 4 rings (SSSR count). The number of amides is 2. The fourth-order valence-corrected chi connectivity index (χ4v) is 3.47. The van der Waals surface area contributed by atoms with Gasteiger partial charge in [0, 0.05) is 24.5 Å². The topological polar surface area (TPSA) is 62.3 Å². The average molecular weight is 366 g/mol. The van der Waals surface area contributed by atoms with Gasteiger partial charge in [0.2, 0.25) is 11.8 Å². The lowest BCUT2D eigenvalue weighted by Gasteiger charge is -2.18. The lowest BCUT2D eigenvalue weighted by molar-refractivity contribution is -0.122. The Bertz CT molecular complexity index is 1000. The number of carbonyl (C=O) groups is 2. The highest BCUT2D eigenvalue weighted by Gasteiger charge is 2.36. The first kappa shape index (κ1) is 16.5. The van der Waals surface area contributed by atoms with Crippen molar-refractivity contribution in [3.05, 3.63) is 65.8 Å². The zero-order valence-electron chi connectivity index (χ0n) is 13.9. The van der Waals surface area contributed by atoms with E-state index in [1.165, 1.54) is 0 Å². The van der Waals surface area contributed by atoms with Crippen LogP contribution in [-0.2, 0) is 9.59 Å². The molecule has 1 aliphatic rings. The van der Waals surface area contributed by atoms with Gasteiger partial charge in [-0.3, -0.25) is 14.6 Å². The number of para-hydroxylation sites is 1. The molecule has 5 nitrogen and oxygen atoms in total. The lowest BCUT2D eigenvalue weighted by atomic mass is 10.1. The van der Waals surface area contributed by atoms with E-state index in [-0.39, 0.29) is 18.2 Å². The summed E-state index contributed by atoms with van der Waals surface area (Å²) < 4.78 is 0. The number of benzene rings is 2. The highest BCUT2D eigenvalue weighted by molar-refractivity contribution is 6.34. The van der Waals surface area contributed by atoms with Crippen LogP contribution in [0.3, 0.4) is 0 Å². The molecule has 1 fully saturated rings. The number of carbonyl (C=O) groups excluding carboxylic acids is 2. The van der Waals surface area contributed by atoms with Gasteiger partial charge in [-0.25, -0.2) is 0 Å². The highest BCUT2D eigenvalue weighted by atomic mass is 35.5. The SMILES string of the molecule is O=C(Nc1cccc2ncccc12)C1CC(=O)N(c2ccccc2Cl)C1. The van der Waals surface area contributed by atoms with Gasteiger partial charge in [0.05, 0.1) is 27.8 Å². The van der Waals surface area contributed by atoms with Gasteiger partial charge in [-0.15, -0.1) is 0 Å². The quantitative estimate of drug-likeness (QED) is 0.766. The highest BCUT2D eigenvalue weighted by Crippen LogP contribution is 2.31. The first-order valence-corrected chi connectivity index (χ1v) is 8.71. The molecule has 2 heterocycles. The largest absolute Gasteiger partial charge is 0.325 e. The molecule has 26 heavy (non-hydrogen) atoms. The minimum absolute atomic E-state index is 0.0992. The van der Waals surface area contributed by atoms with E-state index >= 15 is 0 Å². The summed E-state index contributed by atoms with van der Waals surface area (Å²) in [6, 6.07) is 16.5. The monoisotopic (exact) mass is 365 g/mol. The minimum atomic E-state index is -0.425. The third kappa shape index (κ3) is 3.02. The molecule has 3 aromatic rings. The first-order valence-electron chi connectivity index (χ1n) is 8.33. The van der Waals surface area contributed by atoms with E-state index in [2.05, 4.69) is 10.3 Å². The number of anilines is 2. The molecule has 1 N–H and O–H groups in total. The minimum Gasteiger partial charge on any atom is -0.325 e. The van der Waals surface area contributed by atoms with Crippen molar-refractivity contribution < 1.29 is 9.59 Å². The van der Waals surface area contributed by atoms with Crippen molar-refractivity contribution in [2.45, 2.75) is 6.42 Å². The second kappa shape index (κ2) is 6.77. The molecule has 1 atom stereocenters. The second-order valence-corrected chi connectivity index (χ2v) is 6.63. The van der Waals surface area contributed by atoms with Crippen LogP contribution in [0, 0.1) is 5.92 Å². The summed E-state index contributed by atoms with van der Waals surface area (Å²) in [5.41, 5.74) is 2.15. The van der Waals surface area contributed by atoms with Gasteiger partial charge in [-0.1, -0.05) is 29.8 Å². The number of nitrogens with one attached hydrogen (secondary N) is 1. The van der Waals surface area contributed by atoms with Gasteiger partial charge in [-0.05, 0) is 36.4 Å². The molecule has 1 aromatic heterocycles. The predicted octanol–water partition coefficient (Wildman–Crippen LogP) is 3.88. The Hall–Kier alpha value is -2.92. The Balaban J connectivity index is 1.54. The number of nitrogens with zero attached hydrogens (tertiary/aromatic N) is 2. The summed E-state index contributed by atoms with van der Waals surface area (Å²) in [5, 5.41) is 4.32. The van der Waals surface area contributed by atoms with Gasteiger partial charge in [0.25, 0.3) is 0 Å². The van der Waals surface area contributed by atoms with Crippen LogP contribution in [0.25, 0.3) is 10.9 Å². The molecular formula is C20H16ClN3O2. The maximum atomic E-state index is 12.7. The molecule has 0 bridgehead atoms. The smallest absolute Gasteiger partial charge is 0.229 e. The third-order valence-corrected chi connectivity index (χ3v) is 4.86. The molecule has 0 radical (unpaired) electrons. The van der Waals surface area contributed by atoms with Gasteiger partial charge < -0.3 is 10.2 Å². The van der Waals surface area contributed by atoms with E-state index in [1.807, 2.05) is 42.5 Å². The van der Waals surface area contributed by atoms with Crippen LogP contribution < -0.4 is 10.2 Å². The van der Waals surface area contributed by atoms with Crippen LogP contribution in [0.1, 0.15) is 6.42 Å². The fourth-order valence-electron chi connectivity index (χ4n) is 3.23. The van der Waals surface area contributed by atoms with Crippen LogP contribution in [0.2, 0.25) is 5.02 Å². The Kier molecular flexibility index (Phi) is 4.31. The van der Waals surface area contributed by atoms with Crippen molar-refractivity contribution in [3.8, 4) is 0 Å². The number of pyridine rings is 1. The maximum absolute atomic E-state index is 12.7. The third-order valence-electron chi connectivity index (χ3n) is 4.54. The Morgan fingerprint density at radius 3 is 2.81 bits per heavy atom. The number of hydrogen-bond donors (Lipinski definition) is 1. The number of halogens is 1. The van der Waals surface area contributed by atoms with Crippen molar-refractivity contribution in [1.82, 2.24) is 4.98 Å². The van der Waals surface area contributed by atoms with Crippen LogP contribution in [-0.4, -0.2) is 23.3 Å². The van der Waals surface area contributed by atoms with Gasteiger partial charge in [-0.2, -0.15) is 0 Å². The number of fused-ring (bicyclic) bond motifs is 1. The van der Waals surface area contributed by atoms with Crippen LogP contribution in [0.5, 0.6) is 0 Å². The molecule has 0 aliphatic carbocycles. The summed E-state index contributed by atoms with van der Waals surface area (Å²) in [4.78, 5) is 31.0. The summed E-state index contributed by atoms with van der Waals surface area (Å²) in [7, 11) is 0. The molecular weight excluding hydrogens is 350 g/mol. The molecule has 0 saturated carbocycles. The van der Waals surface area contributed by atoms with E-state index in [4.69, 9.17) is 11.6 Å². The predicted molar refractivity (Wildman–Crippen MR) is 102 cm³/mol. The van der Waals surface area contributed by atoms with Crippen LogP contribution >= 0.6 is 11.6 Å². The molecule has 0 spiro atoms. The summed E-state index contributed by atoms with van der Waals surface area (Å²) >= 11 is 6.19.